The number of likely N-dealkylation sites (N-methyl/N-ethyl adjacent to an activating group) is 1. The molecule has 2 unspecified atom stereocenters. The van der Waals surface area contributed by atoms with Crippen molar-refractivity contribution in [2.45, 2.75) is 44.9 Å². The van der Waals surface area contributed by atoms with Crippen molar-refractivity contribution >= 4 is 0 Å². The molecule has 0 N–H and O–H groups in total. The summed E-state index contributed by atoms with van der Waals surface area (Å²) in [5.41, 5.74) is 0. The standard InChI is InChI=1S/C11H23NO2/c1-9(2)14-6-5-10-7-11(13-4)8-12(10)3/h9-11H,5-8H2,1-4H3. The number of ether oxygens (including phenoxy) is 2. The first-order valence-corrected chi connectivity index (χ1v) is 5.48. The molecule has 0 radical (unpaired) electrons. The fourth-order valence-corrected chi connectivity index (χ4v) is 1.98. The third-order valence-electron chi connectivity index (χ3n) is 2.89. The molecule has 0 aromatic heterocycles. The minimum atomic E-state index is 0.347. The Morgan fingerprint density at radius 2 is 2.14 bits per heavy atom. The molecule has 3 nitrogen and oxygen atoms in total. The first kappa shape index (κ1) is 12.0. The molecule has 0 spiro atoms. The van der Waals surface area contributed by atoms with E-state index in [1.807, 2.05) is 0 Å². The predicted molar refractivity (Wildman–Crippen MR) is 57.5 cm³/mol. The topological polar surface area (TPSA) is 21.7 Å². The Balaban J connectivity index is 2.18. The number of nitrogens with zero attached hydrogens (tertiary/aromatic N) is 1. The summed E-state index contributed by atoms with van der Waals surface area (Å²) in [6.45, 7) is 6.08. The summed E-state index contributed by atoms with van der Waals surface area (Å²) < 4.78 is 10.9. The largest absolute Gasteiger partial charge is 0.380 e. The van der Waals surface area contributed by atoms with Crippen LogP contribution in [0.5, 0.6) is 0 Å². The highest BCUT2D eigenvalue weighted by molar-refractivity contribution is 4.83. The average molecular weight is 201 g/mol. The van der Waals surface area contributed by atoms with Crippen molar-refractivity contribution in [3.63, 3.8) is 0 Å². The van der Waals surface area contributed by atoms with Gasteiger partial charge in [0, 0.05) is 26.3 Å². The first-order valence-electron chi connectivity index (χ1n) is 5.48. The van der Waals surface area contributed by atoms with Gasteiger partial charge in [0.15, 0.2) is 0 Å². The van der Waals surface area contributed by atoms with Crippen LogP contribution >= 0.6 is 0 Å². The Morgan fingerprint density at radius 3 is 2.64 bits per heavy atom. The van der Waals surface area contributed by atoms with E-state index < -0.39 is 0 Å². The van der Waals surface area contributed by atoms with E-state index in [0.717, 1.165) is 26.0 Å². The zero-order valence-electron chi connectivity index (χ0n) is 9.82. The highest BCUT2D eigenvalue weighted by Crippen LogP contribution is 2.20. The molecule has 0 aromatic carbocycles. The number of hydrogen-bond donors (Lipinski definition) is 0. The lowest BCUT2D eigenvalue weighted by molar-refractivity contribution is 0.0649. The summed E-state index contributed by atoms with van der Waals surface area (Å²) in [6, 6.07) is 0.638. The Morgan fingerprint density at radius 1 is 1.43 bits per heavy atom. The summed E-state index contributed by atoms with van der Waals surface area (Å²) in [4.78, 5) is 2.37. The Kier molecular flexibility index (Phi) is 4.85. The zero-order chi connectivity index (χ0) is 10.6. The van der Waals surface area contributed by atoms with E-state index in [2.05, 4.69) is 25.8 Å². The van der Waals surface area contributed by atoms with Crippen molar-refractivity contribution in [2.24, 2.45) is 0 Å². The molecule has 14 heavy (non-hydrogen) atoms. The van der Waals surface area contributed by atoms with Crippen LogP contribution in [-0.4, -0.2) is 50.5 Å². The molecule has 84 valence electrons. The number of likely N-dealkylation sites (tertiary alicyclic amines) is 1. The van der Waals surface area contributed by atoms with E-state index in [0.29, 0.717) is 18.2 Å². The van der Waals surface area contributed by atoms with Gasteiger partial charge in [-0.3, -0.25) is 0 Å². The summed E-state index contributed by atoms with van der Waals surface area (Å²) in [6.07, 6.45) is 3.03. The van der Waals surface area contributed by atoms with E-state index in [9.17, 15) is 0 Å². The van der Waals surface area contributed by atoms with Crippen LogP contribution in [0.25, 0.3) is 0 Å². The SMILES string of the molecule is COC1CC(CCOC(C)C)N(C)C1. The molecule has 1 rings (SSSR count). The van der Waals surface area contributed by atoms with Gasteiger partial charge in [-0.15, -0.1) is 0 Å². The maximum absolute atomic E-state index is 5.55. The first-order chi connectivity index (χ1) is 6.63. The Bertz CT molecular complexity index is 161. The molecule has 3 heteroatoms. The van der Waals surface area contributed by atoms with Crippen molar-refractivity contribution in [1.82, 2.24) is 4.90 Å². The van der Waals surface area contributed by atoms with E-state index in [1.165, 1.54) is 0 Å². The maximum Gasteiger partial charge on any atom is 0.0713 e. The molecule has 0 saturated carbocycles. The highest BCUT2D eigenvalue weighted by atomic mass is 16.5. The van der Waals surface area contributed by atoms with Crippen LogP contribution < -0.4 is 0 Å². The minimum absolute atomic E-state index is 0.347. The quantitative estimate of drug-likeness (QED) is 0.673. The monoisotopic (exact) mass is 201 g/mol. The lowest BCUT2D eigenvalue weighted by Gasteiger charge is -2.19. The van der Waals surface area contributed by atoms with Gasteiger partial charge in [-0.1, -0.05) is 0 Å². The molecule has 0 amide bonds. The maximum atomic E-state index is 5.55. The third-order valence-corrected chi connectivity index (χ3v) is 2.89. The molecule has 1 aliphatic rings. The minimum Gasteiger partial charge on any atom is -0.380 e. The summed E-state index contributed by atoms with van der Waals surface area (Å²) in [5.74, 6) is 0. The van der Waals surface area contributed by atoms with Crippen molar-refractivity contribution in [2.75, 3.05) is 27.3 Å². The lowest BCUT2D eigenvalue weighted by Crippen LogP contribution is -2.26. The molecular formula is C11H23NO2. The van der Waals surface area contributed by atoms with Gasteiger partial charge < -0.3 is 14.4 Å². The molecule has 0 aromatic rings. The molecule has 2 atom stereocenters. The molecule has 1 fully saturated rings. The second-order valence-corrected chi connectivity index (χ2v) is 4.40. The van der Waals surface area contributed by atoms with Crippen molar-refractivity contribution in [3.8, 4) is 0 Å². The number of methoxy groups -OCH3 is 1. The fraction of sp³-hybridized carbons (Fsp3) is 1.00. The third kappa shape index (κ3) is 3.56. The van der Waals surface area contributed by atoms with Gasteiger partial charge in [0.05, 0.1) is 12.2 Å². The van der Waals surface area contributed by atoms with Crippen LogP contribution in [0.1, 0.15) is 26.7 Å². The van der Waals surface area contributed by atoms with Gasteiger partial charge in [0.2, 0.25) is 0 Å². The van der Waals surface area contributed by atoms with Gasteiger partial charge in [-0.2, -0.15) is 0 Å². The van der Waals surface area contributed by atoms with Crippen LogP contribution in [0, 0.1) is 0 Å². The van der Waals surface area contributed by atoms with Gasteiger partial charge in [-0.05, 0) is 33.7 Å². The highest BCUT2D eigenvalue weighted by Gasteiger charge is 2.28. The van der Waals surface area contributed by atoms with Crippen LogP contribution in [0.2, 0.25) is 0 Å². The fourth-order valence-electron chi connectivity index (χ4n) is 1.98. The van der Waals surface area contributed by atoms with Crippen LogP contribution in [-0.2, 0) is 9.47 Å². The van der Waals surface area contributed by atoms with Gasteiger partial charge in [0.1, 0.15) is 0 Å². The summed E-state index contributed by atoms with van der Waals surface area (Å²) >= 11 is 0. The van der Waals surface area contributed by atoms with E-state index in [-0.39, 0.29) is 0 Å². The normalized spacial score (nSPS) is 28.9. The summed E-state index contributed by atoms with van der Waals surface area (Å²) in [7, 11) is 3.96. The number of rotatable bonds is 5. The van der Waals surface area contributed by atoms with Gasteiger partial charge in [0.25, 0.3) is 0 Å². The van der Waals surface area contributed by atoms with Crippen molar-refractivity contribution in [3.05, 3.63) is 0 Å². The van der Waals surface area contributed by atoms with Gasteiger partial charge in [-0.25, -0.2) is 0 Å². The van der Waals surface area contributed by atoms with Crippen LogP contribution in [0.4, 0.5) is 0 Å². The van der Waals surface area contributed by atoms with Crippen LogP contribution in [0.15, 0.2) is 0 Å². The number of hydrogen-bond acceptors (Lipinski definition) is 3. The Hall–Kier alpha value is -0.120. The lowest BCUT2D eigenvalue weighted by atomic mass is 10.1. The summed E-state index contributed by atoms with van der Waals surface area (Å²) in [5, 5.41) is 0. The second-order valence-electron chi connectivity index (χ2n) is 4.40. The van der Waals surface area contributed by atoms with Crippen LogP contribution in [0.3, 0.4) is 0 Å². The van der Waals surface area contributed by atoms with E-state index >= 15 is 0 Å². The van der Waals surface area contributed by atoms with Crippen molar-refractivity contribution < 1.29 is 9.47 Å². The molecular weight excluding hydrogens is 178 g/mol. The molecule has 0 aliphatic carbocycles. The zero-order valence-corrected chi connectivity index (χ0v) is 9.82. The average Bonchev–Trinajstić information content (AvgIpc) is 2.47. The van der Waals surface area contributed by atoms with E-state index in [4.69, 9.17) is 9.47 Å². The van der Waals surface area contributed by atoms with E-state index in [1.54, 1.807) is 7.11 Å². The smallest absolute Gasteiger partial charge is 0.0713 e. The van der Waals surface area contributed by atoms with Gasteiger partial charge >= 0.3 is 0 Å². The molecule has 1 aliphatic heterocycles. The Labute approximate surface area is 87.4 Å². The molecule has 1 heterocycles. The predicted octanol–water partition coefficient (Wildman–Crippen LogP) is 1.52. The molecule has 1 saturated heterocycles. The van der Waals surface area contributed by atoms with Crippen molar-refractivity contribution in [1.29, 1.82) is 0 Å². The molecule has 0 bridgehead atoms. The second kappa shape index (κ2) is 5.69.